The molecule has 1 rings (SSSR count). The van der Waals surface area contributed by atoms with Gasteiger partial charge in [0.15, 0.2) is 0 Å². The molecule has 0 aliphatic heterocycles. The highest BCUT2D eigenvalue weighted by Crippen LogP contribution is 2.18. The fraction of sp³-hybridized carbons (Fsp3) is 0.500. The third kappa shape index (κ3) is 4.13. The number of rotatable bonds is 7. The van der Waals surface area contributed by atoms with E-state index >= 15 is 0 Å². The minimum atomic E-state index is -0.381. The molecule has 0 bridgehead atoms. The second-order valence-electron chi connectivity index (χ2n) is 4.30. The van der Waals surface area contributed by atoms with Crippen molar-refractivity contribution in [3.8, 4) is 0 Å². The molecular weight excluding hydrogens is 228 g/mol. The van der Waals surface area contributed by atoms with Gasteiger partial charge in [0.1, 0.15) is 6.61 Å². The van der Waals surface area contributed by atoms with Gasteiger partial charge in [0.2, 0.25) is 5.91 Å². The SMILES string of the molecule is CCC(CC)(CN)OCC(=O)Nc1ccccc1. The number of hydrogen-bond acceptors (Lipinski definition) is 3. The quantitative estimate of drug-likeness (QED) is 0.779. The summed E-state index contributed by atoms with van der Waals surface area (Å²) in [5, 5.41) is 2.78. The fourth-order valence-electron chi connectivity index (χ4n) is 1.74. The maximum Gasteiger partial charge on any atom is 0.250 e. The number of anilines is 1. The van der Waals surface area contributed by atoms with Crippen LogP contribution in [0.2, 0.25) is 0 Å². The number of carbonyl (C=O) groups is 1. The van der Waals surface area contributed by atoms with Gasteiger partial charge in [-0.05, 0) is 25.0 Å². The summed E-state index contributed by atoms with van der Waals surface area (Å²) in [6.07, 6.45) is 1.61. The summed E-state index contributed by atoms with van der Waals surface area (Å²) in [7, 11) is 0. The van der Waals surface area contributed by atoms with Crippen LogP contribution >= 0.6 is 0 Å². The number of nitrogens with one attached hydrogen (secondary N) is 1. The molecule has 1 aromatic carbocycles. The van der Waals surface area contributed by atoms with Gasteiger partial charge < -0.3 is 15.8 Å². The monoisotopic (exact) mass is 250 g/mol. The van der Waals surface area contributed by atoms with Gasteiger partial charge in [-0.1, -0.05) is 32.0 Å². The third-order valence-electron chi connectivity index (χ3n) is 3.23. The Morgan fingerprint density at radius 1 is 1.28 bits per heavy atom. The third-order valence-corrected chi connectivity index (χ3v) is 3.23. The molecule has 0 spiro atoms. The Morgan fingerprint density at radius 2 is 1.89 bits per heavy atom. The van der Waals surface area contributed by atoms with E-state index in [0.717, 1.165) is 18.5 Å². The Morgan fingerprint density at radius 3 is 2.39 bits per heavy atom. The van der Waals surface area contributed by atoms with Crippen LogP contribution in [-0.2, 0) is 9.53 Å². The van der Waals surface area contributed by atoms with Crippen molar-refractivity contribution in [3.05, 3.63) is 30.3 Å². The molecule has 0 fully saturated rings. The lowest BCUT2D eigenvalue weighted by Gasteiger charge is -2.30. The van der Waals surface area contributed by atoms with E-state index in [-0.39, 0.29) is 18.1 Å². The van der Waals surface area contributed by atoms with Crippen LogP contribution in [0.4, 0.5) is 5.69 Å². The van der Waals surface area contributed by atoms with Crippen molar-refractivity contribution >= 4 is 11.6 Å². The van der Waals surface area contributed by atoms with Crippen molar-refractivity contribution in [2.45, 2.75) is 32.3 Å². The largest absolute Gasteiger partial charge is 0.364 e. The van der Waals surface area contributed by atoms with Gasteiger partial charge in [-0.15, -0.1) is 0 Å². The molecule has 0 saturated carbocycles. The van der Waals surface area contributed by atoms with E-state index in [2.05, 4.69) is 5.32 Å². The number of carbonyl (C=O) groups excluding carboxylic acids is 1. The van der Waals surface area contributed by atoms with Gasteiger partial charge in [0, 0.05) is 12.2 Å². The normalized spacial score (nSPS) is 11.3. The molecule has 0 atom stereocenters. The maximum absolute atomic E-state index is 11.7. The van der Waals surface area contributed by atoms with Gasteiger partial charge in [-0.3, -0.25) is 4.79 Å². The van der Waals surface area contributed by atoms with E-state index < -0.39 is 0 Å². The maximum atomic E-state index is 11.7. The first-order chi connectivity index (χ1) is 8.65. The van der Waals surface area contributed by atoms with Crippen molar-refractivity contribution in [2.75, 3.05) is 18.5 Å². The number of hydrogen-bond donors (Lipinski definition) is 2. The summed E-state index contributed by atoms with van der Waals surface area (Å²) >= 11 is 0. The van der Waals surface area contributed by atoms with Crippen LogP contribution in [0, 0.1) is 0 Å². The van der Waals surface area contributed by atoms with Crippen LogP contribution in [0.3, 0.4) is 0 Å². The summed E-state index contributed by atoms with van der Waals surface area (Å²) in [6, 6.07) is 9.33. The molecule has 3 N–H and O–H groups in total. The van der Waals surface area contributed by atoms with Gasteiger partial charge in [-0.25, -0.2) is 0 Å². The Labute approximate surface area is 109 Å². The van der Waals surface area contributed by atoms with E-state index in [1.165, 1.54) is 0 Å². The molecular formula is C14H22N2O2. The van der Waals surface area contributed by atoms with Crippen LogP contribution in [0.25, 0.3) is 0 Å². The van der Waals surface area contributed by atoms with Crippen molar-refractivity contribution in [1.29, 1.82) is 0 Å². The second kappa shape index (κ2) is 7.13. The van der Waals surface area contributed by atoms with Crippen molar-refractivity contribution in [1.82, 2.24) is 0 Å². The molecule has 0 saturated heterocycles. The molecule has 0 radical (unpaired) electrons. The zero-order chi connectivity index (χ0) is 13.4. The topological polar surface area (TPSA) is 64.3 Å². The predicted molar refractivity (Wildman–Crippen MR) is 73.4 cm³/mol. The molecule has 0 aromatic heterocycles. The average Bonchev–Trinajstić information content (AvgIpc) is 2.42. The lowest BCUT2D eigenvalue weighted by atomic mass is 9.97. The smallest absolute Gasteiger partial charge is 0.250 e. The van der Waals surface area contributed by atoms with Crippen LogP contribution in [0.5, 0.6) is 0 Å². The lowest BCUT2D eigenvalue weighted by molar-refractivity contribution is -0.128. The number of amides is 1. The highest BCUT2D eigenvalue weighted by atomic mass is 16.5. The molecule has 1 aromatic rings. The first kappa shape index (κ1) is 14.7. The number of ether oxygens (including phenoxy) is 1. The summed E-state index contributed by atoms with van der Waals surface area (Å²) in [5.41, 5.74) is 6.11. The number of para-hydroxylation sites is 1. The number of nitrogens with two attached hydrogens (primary N) is 1. The lowest BCUT2D eigenvalue weighted by Crippen LogP contribution is -2.41. The van der Waals surface area contributed by atoms with Gasteiger partial charge >= 0.3 is 0 Å². The van der Waals surface area contributed by atoms with Gasteiger partial charge in [0.05, 0.1) is 5.60 Å². The van der Waals surface area contributed by atoms with Crippen molar-refractivity contribution < 1.29 is 9.53 Å². The molecule has 100 valence electrons. The minimum absolute atomic E-state index is 0.0355. The summed E-state index contributed by atoms with van der Waals surface area (Å²) in [4.78, 5) is 11.7. The fourth-order valence-corrected chi connectivity index (χ4v) is 1.74. The van der Waals surface area contributed by atoms with Crippen LogP contribution in [-0.4, -0.2) is 24.7 Å². The molecule has 0 aliphatic rings. The van der Waals surface area contributed by atoms with Crippen LogP contribution in [0.15, 0.2) is 30.3 Å². The predicted octanol–water partition coefficient (Wildman–Crippen LogP) is 2.16. The van der Waals surface area contributed by atoms with Crippen molar-refractivity contribution in [2.24, 2.45) is 5.73 Å². The zero-order valence-electron chi connectivity index (χ0n) is 11.1. The Hall–Kier alpha value is -1.39. The molecule has 4 heteroatoms. The average molecular weight is 250 g/mol. The molecule has 0 aliphatic carbocycles. The first-order valence-electron chi connectivity index (χ1n) is 6.34. The summed E-state index contributed by atoms with van der Waals surface area (Å²) < 4.78 is 5.67. The van der Waals surface area contributed by atoms with E-state index in [1.807, 2.05) is 44.2 Å². The summed E-state index contributed by atoms with van der Waals surface area (Å²) in [5.74, 6) is -0.152. The Kier molecular flexibility index (Phi) is 5.82. The summed E-state index contributed by atoms with van der Waals surface area (Å²) in [6.45, 7) is 4.50. The highest BCUT2D eigenvalue weighted by molar-refractivity contribution is 5.91. The van der Waals surface area contributed by atoms with E-state index in [0.29, 0.717) is 6.54 Å². The molecule has 18 heavy (non-hydrogen) atoms. The van der Waals surface area contributed by atoms with Crippen LogP contribution < -0.4 is 11.1 Å². The molecule has 0 heterocycles. The Balaban J connectivity index is 2.46. The zero-order valence-corrected chi connectivity index (χ0v) is 11.1. The van der Waals surface area contributed by atoms with Gasteiger partial charge in [-0.2, -0.15) is 0 Å². The second-order valence-corrected chi connectivity index (χ2v) is 4.30. The molecule has 0 unspecified atom stereocenters. The van der Waals surface area contributed by atoms with E-state index in [9.17, 15) is 4.79 Å². The standard InChI is InChI=1S/C14H22N2O2/c1-3-14(4-2,11-15)18-10-13(17)16-12-8-6-5-7-9-12/h5-9H,3-4,10-11,15H2,1-2H3,(H,16,17). The van der Waals surface area contributed by atoms with Crippen molar-refractivity contribution in [3.63, 3.8) is 0 Å². The van der Waals surface area contributed by atoms with Gasteiger partial charge in [0.25, 0.3) is 0 Å². The molecule has 4 nitrogen and oxygen atoms in total. The number of benzene rings is 1. The Bertz CT molecular complexity index is 353. The van der Waals surface area contributed by atoms with E-state index in [1.54, 1.807) is 0 Å². The van der Waals surface area contributed by atoms with Crippen LogP contribution in [0.1, 0.15) is 26.7 Å². The minimum Gasteiger partial charge on any atom is -0.364 e. The molecule has 1 amide bonds. The first-order valence-corrected chi connectivity index (χ1v) is 6.34. The highest BCUT2D eigenvalue weighted by Gasteiger charge is 2.25. The van der Waals surface area contributed by atoms with E-state index in [4.69, 9.17) is 10.5 Å².